The maximum atomic E-state index is 13.0. The molecule has 3 aromatic rings. The summed E-state index contributed by atoms with van der Waals surface area (Å²) in [6.45, 7) is 1.63. The molecule has 4 rings (SSSR count). The molecule has 31 heavy (non-hydrogen) atoms. The van der Waals surface area contributed by atoms with Gasteiger partial charge < -0.3 is 4.57 Å². The molecule has 1 aliphatic rings. The van der Waals surface area contributed by atoms with Crippen molar-refractivity contribution in [2.45, 2.75) is 38.3 Å². The Balaban J connectivity index is 1.75. The topological polar surface area (TPSA) is 68.2 Å². The number of hydrogen-bond acceptors (Lipinski definition) is 3. The lowest BCUT2D eigenvalue weighted by molar-refractivity contribution is 0.314. The highest BCUT2D eigenvalue weighted by atomic mass is 79.9. The Hall–Kier alpha value is -2.22. The fraction of sp³-hybridized carbons (Fsp3) is 0.292. The molecule has 0 fully saturated rings. The summed E-state index contributed by atoms with van der Waals surface area (Å²) in [5.41, 5.74) is 4.09. The van der Waals surface area contributed by atoms with Gasteiger partial charge >= 0.3 is 0 Å². The maximum Gasteiger partial charge on any atom is 0.265 e. The van der Waals surface area contributed by atoms with Gasteiger partial charge in [0.05, 0.1) is 16.3 Å². The minimum Gasteiger partial charge on any atom is -0.307 e. The number of benzene rings is 2. The van der Waals surface area contributed by atoms with Crippen molar-refractivity contribution in [3.05, 3.63) is 92.8 Å². The second-order valence-corrected chi connectivity index (χ2v) is 10.7. The molecule has 0 amide bonds. The SMILES string of the molecule is CCS(=O)(=O)N[C@H]1CCc2ccc(Br)c(=O)n2[C@H]1Cc1cccc(-c2ccccc2)c1. The monoisotopic (exact) mass is 500 g/mol. The van der Waals surface area contributed by atoms with Gasteiger partial charge in [0.2, 0.25) is 10.0 Å². The lowest BCUT2D eigenvalue weighted by atomic mass is 9.90. The molecule has 7 heteroatoms. The van der Waals surface area contributed by atoms with Gasteiger partial charge in [-0.25, -0.2) is 13.1 Å². The molecule has 5 nitrogen and oxygen atoms in total. The number of nitrogens with zero attached hydrogens (tertiary/aromatic N) is 1. The molecule has 2 atom stereocenters. The standard InChI is InChI=1S/C24H25BrN2O3S/c1-2-31(29,30)26-22-14-12-20-11-13-21(25)24(28)27(20)23(22)16-17-7-6-10-19(15-17)18-8-4-3-5-9-18/h3-11,13,15,22-23,26H,2,12,14,16H2,1H3/t22-,23-/m0/s1. The molecule has 0 radical (unpaired) electrons. The molecule has 2 heterocycles. The zero-order valence-electron chi connectivity index (χ0n) is 17.3. The number of halogens is 1. The van der Waals surface area contributed by atoms with Crippen molar-refractivity contribution in [2.24, 2.45) is 0 Å². The third-order valence-corrected chi connectivity index (χ3v) is 7.88. The van der Waals surface area contributed by atoms with Crippen molar-refractivity contribution in [3.63, 3.8) is 0 Å². The molecule has 0 aliphatic carbocycles. The van der Waals surface area contributed by atoms with E-state index in [1.165, 1.54) is 0 Å². The molecule has 2 aromatic carbocycles. The summed E-state index contributed by atoms with van der Waals surface area (Å²) >= 11 is 3.35. The molecular formula is C24H25BrN2O3S. The Labute approximate surface area is 191 Å². The summed E-state index contributed by atoms with van der Waals surface area (Å²) in [7, 11) is -3.40. The van der Waals surface area contributed by atoms with Crippen LogP contribution < -0.4 is 10.3 Å². The molecule has 0 saturated carbocycles. The zero-order valence-corrected chi connectivity index (χ0v) is 19.7. The van der Waals surface area contributed by atoms with Gasteiger partial charge in [-0.05, 0) is 70.9 Å². The average molecular weight is 501 g/mol. The van der Waals surface area contributed by atoms with Crippen LogP contribution in [0.2, 0.25) is 0 Å². The van der Waals surface area contributed by atoms with Crippen molar-refractivity contribution in [1.29, 1.82) is 0 Å². The third-order valence-electron chi connectivity index (χ3n) is 5.85. The molecule has 0 unspecified atom stereocenters. The number of sulfonamides is 1. The van der Waals surface area contributed by atoms with Crippen LogP contribution in [0.15, 0.2) is 76.0 Å². The highest BCUT2D eigenvalue weighted by Crippen LogP contribution is 2.30. The van der Waals surface area contributed by atoms with Crippen LogP contribution in [0.1, 0.15) is 30.6 Å². The van der Waals surface area contributed by atoms with Gasteiger partial charge in [-0.1, -0.05) is 54.6 Å². The van der Waals surface area contributed by atoms with Crippen molar-refractivity contribution in [1.82, 2.24) is 9.29 Å². The number of aryl methyl sites for hydroxylation is 1. The Bertz CT molecular complexity index is 1240. The van der Waals surface area contributed by atoms with Gasteiger partial charge in [-0.3, -0.25) is 4.79 Å². The second kappa shape index (κ2) is 9.10. The first-order valence-corrected chi connectivity index (χ1v) is 12.9. The van der Waals surface area contributed by atoms with Gasteiger partial charge in [-0.15, -0.1) is 0 Å². The fourth-order valence-electron chi connectivity index (χ4n) is 4.24. The number of rotatable bonds is 6. The van der Waals surface area contributed by atoms with Crippen molar-refractivity contribution < 1.29 is 8.42 Å². The molecule has 1 N–H and O–H groups in total. The average Bonchev–Trinajstić information content (AvgIpc) is 2.78. The summed E-state index contributed by atoms with van der Waals surface area (Å²) in [5, 5.41) is 0. The molecule has 0 bridgehead atoms. The normalized spacial score (nSPS) is 18.5. The first-order valence-electron chi connectivity index (χ1n) is 10.4. The van der Waals surface area contributed by atoms with E-state index in [9.17, 15) is 13.2 Å². The smallest absolute Gasteiger partial charge is 0.265 e. The van der Waals surface area contributed by atoms with Crippen LogP contribution in [0.3, 0.4) is 0 Å². The molecule has 0 spiro atoms. The van der Waals surface area contributed by atoms with Crippen LogP contribution in [-0.4, -0.2) is 24.8 Å². The Morgan fingerprint density at radius 1 is 1.03 bits per heavy atom. The minimum atomic E-state index is -3.40. The van der Waals surface area contributed by atoms with Crippen LogP contribution in [0.5, 0.6) is 0 Å². The van der Waals surface area contributed by atoms with E-state index < -0.39 is 10.0 Å². The first kappa shape index (κ1) is 22.0. The van der Waals surface area contributed by atoms with E-state index in [1.54, 1.807) is 17.6 Å². The number of aromatic nitrogens is 1. The van der Waals surface area contributed by atoms with E-state index in [1.807, 2.05) is 36.4 Å². The van der Waals surface area contributed by atoms with E-state index in [2.05, 4.69) is 44.9 Å². The van der Waals surface area contributed by atoms with E-state index in [-0.39, 0.29) is 23.4 Å². The third kappa shape index (κ3) is 4.84. The van der Waals surface area contributed by atoms with E-state index in [0.29, 0.717) is 23.7 Å². The van der Waals surface area contributed by atoms with E-state index in [4.69, 9.17) is 0 Å². The predicted octanol–water partition coefficient (Wildman–Crippen LogP) is 4.32. The number of hydrogen-bond donors (Lipinski definition) is 1. The van der Waals surface area contributed by atoms with Crippen molar-refractivity contribution >= 4 is 26.0 Å². The Morgan fingerprint density at radius 2 is 1.77 bits per heavy atom. The molecule has 162 valence electrons. The quantitative estimate of drug-likeness (QED) is 0.547. The van der Waals surface area contributed by atoms with Gasteiger partial charge in [0.25, 0.3) is 5.56 Å². The van der Waals surface area contributed by atoms with Gasteiger partial charge in [-0.2, -0.15) is 0 Å². The lowest BCUT2D eigenvalue weighted by Crippen LogP contribution is -2.49. The van der Waals surface area contributed by atoms with Crippen LogP contribution in [0.4, 0.5) is 0 Å². The van der Waals surface area contributed by atoms with Crippen molar-refractivity contribution in [3.8, 4) is 11.1 Å². The van der Waals surface area contributed by atoms with E-state index >= 15 is 0 Å². The summed E-state index contributed by atoms with van der Waals surface area (Å²) < 4.78 is 29.8. The van der Waals surface area contributed by atoms with Crippen LogP contribution in [-0.2, 0) is 22.9 Å². The summed E-state index contributed by atoms with van der Waals surface area (Å²) in [4.78, 5) is 13.0. The number of pyridine rings is 1. The Kier molecular flexibility index (Phi) is 6.46. The van der Waals surface area contributed by atoms with Gasteiger partial charge in [0, 0.05) is 11.7 Å². The number of fused-ring (bicyclic) bond motifs is 1. The minimum absolute atomic E-state index is 0.0138. The Morgan fingerprint density at radius 3 is 2.52 bits per heavy atom. The summed E-state index contributed by atoms with van der Waals surface area (Å²) in [6, 6.07) is 21.4. The molecule has 0 saturated heterocycles. The molecule has 1 aromatic heterocycles. The van der Waals surface area contributed by atoms with Crippen molar-refractivity contribution in [2.75, 3.05) is 5.75 Å². The lowest BCUT2D eigenvalue weighted by Gasteiger charge is -2.36. The highest BCUT2D eigenvalue weighted by Gasteiger charge is 2.33. The molecule has 1 aliphatic heterocycles. The largest absolute Gasteiger partial charge is 0.307 e. The summed E-state index contributed by atoms with van der Waals surface area (Å²) in [5.74, 6) is 0.0138. The zero-order chi connectivity index (χ0) is 22.0. The van der Waals surface area contributed by atoms with Crippen LogP contribution >= 0.6 is 15.9 Å². The summed E-state index contributed by atoms with van der Waals surface area (Å²) in [6.07, 6.45) is 1.87. The fourth-order valence-corrected chi connectivity index (χ4v) is 5.47. The number of nitrogens with one attached hydrogen (secondary N) is 1. The predicted molar refractivity (Wildman–Crippen MR) is 128 cm³/mol. The van der Waals surface area contributed by atoms with Gasteiger partial charge in [0.1, 0.15) is 0 Å². The van der Waals surface area contributed by atoms with Crippen LogP contribution in [0.25, 0.3) is 11.1 Å². The maximum absolute atomic E-state index is 13.0. The second-order valence-electron chi connectivity index (χ2n) is 7.85. The van der Waals surface area contributed by atoms with Crippen LogP contribution in [0, 0.1) is 0 Å². The van der Waals surface area contributed by atoms with Gasteiger partial charge in [0.15, 0.2) is 0 Å². The highest BCUT2D eigenvalue weighted by molar-refractivity contribution is 9.10. The first-order chi connectivity index (χ1) is 14.9. The molecular weight excluding hydrogens is 476 g/mol. The van der Waals surface area contributed by atoms with E-state index in [0.717, 1.165) is 22.4 Å².